The molecule has 0 fully saturated rings. The van der Waals surface area contributed by atoms with E-state index in [0.717, 1.165) is 18.8 Å². The Morgan fingerprint density at radius 2 is 1.86 bits per heavy atom. The molecule has 0 saturated carbocycles. The van der Waals surface area contributed by atoms with Gasteiger partial charge in [0.15, 0.2) is 9.84 Å². The molecule has 1 heterocycles. The van der Waals surface area contributed by atoms with Crippen LogP contribution in [-0.4, -0.2) is 26.2 Å². The van der Waals surface area contributed by atoms with Gasteiger partial charge >= 0.3 is 0 Å². The van der Waals surface area contributed by atoms with E-state index in [-0.39, 0.29) is 4.90 Å². The third-order valence-corrected chi connectivity index (χ3v) is 3.88. The van der Waals surface area contributed by atoms with Crippen molar-refractivity contribution in [1.82, 2.24) is 4.98 Å². The van der Waals surface area contributed by atoms with Gasteiger partial charge in [-0.05, 0) is 36.8 Å². The van der Waals surface area contributed by atoms with Crippen molar-refractivity contribution in [2.45, 2.75) is 18.2 Å². The van der Waals surface area contributed by atoms with E-state index in [2.05, 4.69) is 17.2 Å². The fraction of sp³-hybridized carbons (Fsp3) is 0.267. The summed E-state index contributed by atoms with van der Waals surface area (Å²) in [5.41, 5.74) is 0. The molecular formula is C15H18N2O3S. The van der Waals surface area contributed by atoms with Crippen molar-refractivity contribution in [3.8, 4) is 11.6 Å². The predicted octanol–water partition coefficient (Wildman–Crippen LogP) is 3.10. The Morgan fingerprint density at radius 3 is 2.48 bits per heavy atom. The van der Waals surface area contributed by atoms with Gasteiger partial charge in [0.1, 0.15) is 11.6 Å². The van der Waals surface area contributed by atoms with Crippen LogP contribution in [0.2, 0.25) is 0 Å². The van der Waals surface area contributed by atoms with Gasteiger partial charge in [-0.3, -0.25) is 0 Å². The average Bonchev–Trinajstić information content (AvgIpc) is 2.45. The van der Waals surface area contributed by atoms with Crippen LogP contribution in [0.15, 0.2) is 47.4 Å². The zero-order valence-corrected chi connectivity index (χ0v) is 12.9. The summed E-state index contributed by atoms with van der Waals surface area (Å²) >= 11 is 0. The summed E-state index contributed by atoms with van der Waals surface area (Å²) < 4.78 is 28.4. The maximum absolute atomic E-state index is 11.4. The molecule has 0 aliphatic carbocycles. The minimum Gasteiger partial charge on any atom is -0.439 e. The van der Waals surface area contributed by atoms with Gasteiger partial charge in [-0.15, -0.1) is 0 Å². The predicted molar refractivity (Wildman–Crippen MR) is 82.6 cm³/mol. The largest absolute Gasteiger partial charge is 0.439 e. The number of anilines is 1. The SMILES string of the molecule is CCCNc1cccc(Oc2ccc(S(C)(=O)=O)cc2)n1. The van der Waals surface area contributed by atoms with Crippen molar-refractivity contribution in [2.24, 2.45) is 0 Å². The van der Waals surface area contributed by atoms with Crippen LogP contribution in [0.5, 0.6) is 11.6 Å². The maximum Gasteiger partial charge on any atom is 0.221 e. The molecule has 0 bridgehead atoms. The summed E-state index contributed by atoms with van der Waals surface area (Å²) in [5.74, 6) is 1.76. The summed E-state index contributed by atoms with van der Waals surface area (Å²) in [6.07, 6.45) is 2.19. The van der Waals surface area contributed by atoms with E-state index in [4.69, 9.17) is 4.74 Å². The van der Waals surface area contributed by atoms with Gasteiger partial charge in [-0.25, -0.2) is 8.42 Å². The Labute approximate surface area is 124 Å². The highest BCUT2D eigenvalue weighted by Crippen LogP contribution is 2.22. The highest BCUT2D eigenvalue weighted by atomic mass is 32.2. The maximum atomic E-state index is 11.4. The molecule has 0 amide bonds. The number of nitrogens with one attached hydrogen (secondary N) is 1. The van der Waals surface area contributed by atoms with Crippen molar-refractivity contribution < 1.29 is 13.2 Å². The molecule has 0 spiro atoms. The van der Waals surface area contributed by atoms with Crippen molar-refractivity contribution in [3.05, 3.63) is 42.5 Å². The van der Waals surface area contributed by atoms with Crippen LogP contribution < -0.4 is 10.1 Å². The van der Waals surface area contributed by atoms with Gasteiger partial charge in [-0.2, -0.15) is 4.98 Å². The van der Waals surface area contributed by atoms with Gasteiger partial charge in [0, 0.05) is 18.9 Å². The molecule has 5 nitrogen and oxygen atoms in total. The van der Waals surface area contributed by atoms with Crippen LogP contribution in [0, 0.1) is 0 Å². The summed E-state index contributed by atoms with van der Waals surface area (Å²) in [7, 11) is -3.19. The van der Waals surface area contributed by atoms with E-state index in [9.17, 15) is 8.42 Å². The normalized spacial score (nSPS) is 11.1. The van der Waals surface area contributed by atoms with Crippen LogP contribution in [0.1, 0.15) is 13.3 Å². The summed E-state index contributed by atoms with van der Waals surface area (Å²) in [5, 5.41) is 3.18. The Hall–Kier alpha value is -2.08. The van der Waals surface area contributed by atoms with Crippen LogP contribution >= 0.6 is 0 Å². The number of pyridine rings is 1. The Kier molecular flexibility index (Phi) is 4.80. The molecule has 112 valence electrons. The van der Waals surface area contributed by atoms with Gasteiger partial charge in [0.25, 0.3) is 0 Å². The quantitative estimate of drug-likeness (QED) is 0.888. The first-order chi connectivity index (χ1) is 9.99. The Bertz CT molecular complexity index is 697. The summed E-state index contributed by atoms with van der Waals surface area (Å²) in [6.45, 7) is 2.93. The number of benzene rings is 1. The van der Waals surface area contributed by atoms with E-state index < -0.39 is 9.84 Å². The molecule has 6 heteroatoms. The molecular weight excluding hydrogens is 288 g/mol. The minimum atomic E-state index is -3.19. The first kappa shape index (κ1) is 15.3. The van der Waals surface area contributed by atoms with Crippen LogP contribution in [-0.2, 0) is 9.84 Å². The Balaban J connectivity index is 2.11. The number of rotatable bonds is 6. The lowest BCUT2D eigenvalue weighted by atomic mass is 10.3. The molecule has 2 rings (SSSR count). The molecule has 0 aliphatic rings. The lowest BCUT2D eigenvalue weighted by Crippen LogP contribution is -2.02. The number of hydrogen-bond acceptors (Lipinski definition) is 5. The first-order valence-corrected chi connectivity index (χ1v) is 8.57. The number of ether oxygens (including phenoxy) is 1. The Morgan fingerprint density at radius 1 is 1.14 bits per heavy atom. The summed E-state index contributed by atoms with van der Waals surface area (Å²) in [6, 6.07) is 11.7. The van der Waals surface area contributed by atoms with Crippen LogP contribution in [0.25, 0.3) is 0 Å². The van der Waals surface area contributed by atoms with E-state index in [0.29, 0.717) is 11.6 Å². The smallest absolute Gasteiger partial charge is 0.221 e. The van der Waals surface area contributed by atoms with E-state index >= 15 is 0 Å². The molecule has 1 aromatic heterocycles. The lowest BCUT2D eigenvalue weighted by Gasteiger charge is -2.08. The monoisotopic (exact) mass is 306 g/mol. The average molecular weight is 306 g/mol. The van der Waals surface area contributed by atoms with Gasteiger partial charge in [-0.1, -0.05) is 13.0 Å². The van der Waals surface area contributed by atoms with Crippen LogP contribution in [0.3, 0.4) is 0 Å². The number of aromatic nitrogens is 1. The van der Waals surface area contributed by atoms with E-state index in [1.807, 2.05) is 12.1 Å². The molecule has 1 N–H and O–H groups in total. The van der Waals surface area contributed by atoms with Crippen molar-refractivity contribution in [3.63, 3.8) is 0 Å². The molecule has 1 aromatic carbocycles. The van der Waals surface area contributed by atoms with Crippen molar-refractivity contribution in [2.75, 3.05) is 18.1 Å². The van der Waals surface area contributed by atoms with Crippen molar-refractivity contribution >= 4 is 15.7 Å². The zero-order chi connectivity index (χ0) is 15.3. The molecule has 0 saturated heterocycles. The molecule has 0 unspecified atom stereocenters. The molecule has 2 aromatic rings. The lowest BCUT2D eigenvalue weighted by molar-refractivity contribution is 0.463. The van der Waals surface area contributed by atoms with Gasteiger partial charge < -0.3 is 10.1 Å². The topological polar surface area (TPSA) is 68.3 Å². The van der Waals surface area contributed by atoms with E-state index in [1.165, 1.54) is 18.4 Å². The second kappa shape index (κ2) is 6.58. The molecule has 0 aliphatic heterocycles. The zero-order valence-electron chi connectivity index (χ0n) is 12.0. The van der Waals surface area contributed by atoms with Gasteiger partial charge in [0.2, 0.25) is 5.88 Å². The number of sulfone groups is 1. The third kappa shape index (κ3) is 4.46. The third-order valence-electron chi connectivity index (χ3n) is 2.75. The van der Waals surface area contributed by atoms with E-state index in [1.54, 1.807) is 18.2 Å². The fourth-order valence-corrected chi connectivity index (χ4v) is 2.33. The first-order valence-electron chi connectivity index (χ1n) is 6.68. The number of hydrogen-bond donors (Lipinski definition) is 1. The molecule has 0 atom stereocenters. The molecule has 21 heavy (non-hydrogen) atoms. The number of nitrogens with zero attached hydrogens (tertiary/aromatic N) is 1. The second-order valence-corrected chi connectivity index (χ2v) is 6.65. The van der Waals surface area contributed by atoms with Gasteiger partial charge in [0.05, 0.1) is 4.90 Å². The standard InChI is InChI=1S/C15H18N2O3S/c1-3-11-16-14-5-4-6-15(17-14)20-12-7-9-13(10-8-12)21(2,18)19/h4-10H,3,11H2,1-2H3,(H,16,17). The molecule has 0 radical (unpaired) electrons. The summed E-state index contributed by atoms with van der Waals surface area (Å²) in [4.78, 5) is 4.59. The second-order valence-electron chi connectivity index (χ2n) is 4.63. The fourth-order valence-electron chi connectivity index (χ4n) is 1.70. The van der Waals surface area contributed by atoms with Crippen LogP contribution in [0.4, 0.5) is 5.82 Å². The minimum absolute atomic E-state index is 0.265. The highest BCUT2D eigenvalue weighted by Gasteiger charge is 2.07. The highest BCUT2D eigenvalue weighted by molar-refractivity contribution is 7.90. The van der Waals surface area contributed by atoms with Crippen molar-refractivity contribution in [1.29, 1.82) is 0 Å².